The molecule has 42 heavy (non-hydrogen) atoms. The number of allylic oxidation sites excluding steroid dienone is 4. The van der Waals surface area contributed by atoms with Crippen LogP contribution in [0, 0.1) is 0 Å². The average Bonchev–Trinajstić information content (AvgIpc) is 3.58. The standard InChI is InChI=1S/C36H41N4S2/c1-4-29(5-7-31-9-11-35-33(27-31)16-20-38(35)2)13-18-37-19-25-41-42-26-24-40-22-14-30(15-23-40)6-8-32-10-12-36-34(28-32)17-21-39(36)3/h4-15,18,22-23,27-28H,1,16-17,19-21,24-26H2,2-3H3/q+1/b7-5+,29-13+,37-18?. The van der Waals surface area contributed by atoms with Gasteiger partial charge >= 0.3 is 0 Å². The molecule has 0 saturated carbocycles. The summed E-state index contributed by atoms with van der Waals surface area (Å²) in [6, 6.07) is 17.8. The molecule has 0 atom stereocenters. The molecule has 3 aromatic rings. The lowest BCUT2D eigenvalue weighted by molar-refractivity contribution is -0.692. The minimum atomic E-state index is 0.815. The Hall–Kier alpha value is -3.48. The lowest BCUT2D eigenvalue weighted by atomic mass is 10.1. The Balaban J connectivity index is 0.969. The van der Waals surface area contributed by atoms with Crippen LogP contribution in [0.5, 0.6) is 0 Å². The predicted octanol–water partition coefficient (Wildman–Crippen LogP) is 7.41. The number of likely N-dealkylation sites (N-methyl/N-ethyl adjacent to an activating group) is 2. The molecule has 5 rings (SSSR count). The van der Waals surface area contributed by atoms with Crippen molar-refractivity contribution in [2.24, 2.45) is 4.99 Å². The Morgan fingerprint density at radius 2 is 1.45 bits per heavy atom. The number of hydrogen-bond acceptors (Lipinski definition) is 5. The number of aryl methyl sites for hydroxylation is 1. The van der Waals surface area contributed by atoms with E-state index in [0.717, 1.165) is 56.1 Å². The van der Waals surface area contributed by atoms with Crippen LogP contribution >= 0.6 is 21.6 Å². The molecule has 3 heterocycles. The number of hydrogen-bond donors (Lipinski definition) is 0. The molecule has 0 amide bonds. The quantitative estimate of drug-likeness (QED) is 0.0677. The summed E-state index contributed by atoms with van der Waals surface area (Å²) < 4.78 is 2.25. The highest BCUT2D eigenvalue weighted by Gasteiger charge is 2.15. The molecule has 0 bridgehead atoms. The van der Waals surface area contributed by atoms with E-state index in [1.54, 1.807) is 0 Å². The van der Waals surface area contributed by atoms with Gasteiger partial charge in [0, 0.05) is 69.2 Å². The molecule has 2 aliphatic heterocycles. The predicted molar refractivity (Wildman–Crippen MR) is 188 cm³/mol. The molecule has 2 aliphatic rings. The summed E-state index contributed by atoms with van der Waals surface area (Å²) in [5.41, 5.74) is 10.4. The molecule has 0 unspecified atom stereocenters. The van der Waals surface area contributed by atoms with E-state index in [0.29, 0.717) is 0 Å². The van der Waals surface area contributed by atoms with Crippen LogP contribution in [-0.2, 0) is 19.4 Å². The number of aliphatic imine (C=N–C) groups is 1. The number of rotatable bonds is 13. The second kappa shape index (κ2) is 15.1. The first-order chi connectivity index (χ1) is 20.6. The van der Waals surface area contributed by atoms with Crippen molar-refractivity contribution < 1.29 is 4.57 Å². The summed E-state index contributed by atoms with van der Waals surface area (Å²) in [5, 5.41) is 0. The SMILES string of the molecule is C=CC(/C=C/c1ccc2c(c1)CCN2C)=C\C=NCCSSCC[n+]1ccc(/C=C/c2ccc3c(c2)CCN3C)cc1. The summed E-state index contributed by atoms with van der Waals surface area (Å²) in [6.07, 6.45) is 21.1. The summed E-state index contributed by atoms with van der Waals surface area (Å²) in [7, 11) is 8.12. The highest BCUT2D eigenvalue weighted by atomic mass is 33.1. The van der Waals surface area contributed by atoms with E-state index in [4.69, 9.17) is 0 Å². The minimum absolute atomic E-state index is 0.815. The van der Waals surface area contributed by atoms with Gasteiger partial charge in [-0.2, -0.15) is 0 Å². The molecule has 0 N–H and O–H groups in total. The minimum Gasteiger partial charge on any atom is -0.374 e. The van der Waals surface area contributed by atoms with Gasteiger partial charge in [-0.25, -0.2) is 4.57 Å². The van der Waals surface area contributed by atoms with Crippen molar-refractivity contribution in [3.05, 3.63) is 119 Å². The van der Waals surface area contributed by atoms with Gasteiger partial charge < -0.3 is 9.80 Å². The molecular formula is C36H41N4S2+. The summed E-state index contributed by atoms with van der Waals surface area (Å²) >= 11 is 0. The molecular weight excluding hydrogens is 553 g/mol. The average molecular weight is 594 g/mol. The molecule has 0 spiro atoms. The smallest absolute Gasteiger partial charge is 0.169 e. The fourth-order valence-electron chi connectivity index (χ4n) is 5.25. The lowest BCUT2D eigenvalue weighted by Gasteiger charge is -2.11. The summed E-state index contributed by atoms with van der Waals surface area (Å²) in [6.45, 7) is 7.99. The topological polar surface area (TPSA) is 22.7 Å². The zero-order chi connectivity index (χ0) is 29.1. The number of pyridine rings is 1. The van der Waals surface area contributed by atoms with Crippen molar-refractivity contribution in [2.75, 3.05) is 55.0 Å². The summed E-state index contributed by atoms with van der Waals surface area (Å²) in [4.78, 5) is 9.20. The van der Waals surface area contributed by atoms with Gasteiger partial charge in [0.05, 0.1) is 5.75 Å². The van der Waals surface area contributed by atoms with Crippen LogP contribution in [-0.4, -0.2) is 51.4 Å². The van der Waals surface area contributed by atoms with Crippen LogP contribution in [0.2, 0.25) is 0 Å². The molecule has 1 aromatic heterocycles. The molecule has 0 aliphatic carbocycles. The number of nitrogens with zero attached hydrogens (tertiary/aromatic N) is 4. The van der Waals surface area contributed by atoms with Gasteiger partial charge in [0.2, 0.25) is 0 Å². The molecule has 2 aromatic carbocycles. The van der Waals surface area contributed by atoms with Crippen LogP contribution < -0.4 is 14.4 Å². The zero-order valence-electron chi connectivity index (χ0n) is 24.8. The van der Waals surface area contributed by atoms with E-state index in [1.807, 2.05) is 40.0 Å². The van der Waals surface area contributed by atoms with Crippen LogP contribution in [0.25, 0.3) is 18.2 Å². The Bertz CT molecular complexity index is 1490. The van der Waals surface area contributed by atoms with Gasteiger partial charge in [-0.05, 0) is 76.6 Å². The van der Waals surface area contributed by atoms with Crippen LogP contribution in [0.4, 0.5) is 11.4 Å². The number of benzene rings is 2. The second-order valence-corrected chi connectivity index (χ2v) is 13.4. The van der Waals surface area contributed by atoms with E-state index in [-0.39, 0.29) is 0 Å². The fraction of sp³-hybridized carbons (Fsp3) is 0.278. The molecule has 4 nitrogen and oxygen atoms in total. The van der Waals surface area contributed by atoms with Gasteiger partial charge in [0.25, 0.3) is 0 Å². The third kappa shape index (κ3) is 8.30. The first-order valence-corrected chi connectivity index (χ1v) is 17.2. The molecule has 0 radical (unpaired) electrons. The van der Waals surface area contributed by atoms with Crippen LogP contribution in [0.3, 0.4) is 0 Å². The number of fused-ring (bicyclic) bond motifs is 2. The van der Waals surface area contributed by atoms with Crippen molar-refractivity contribution in [3.63, 3.8) is 0 Å². The number of aromatic nitrogens is 1. The largest absolute Gasteiger partial charge is 0.374 e. The number of anilines is 2. The Morgan fingerprint density at radius 1 is 0.833 bits per heavy atom. The normalized spacial score (nSPS) is 15.0. The second-order valence-electron chi connectivity index (χ2n) is 10.7. The Labute approximate surface area is 259 Å². The van der Waals surface area contributed by atoms with Crippen LogP contribution in [0.15, 0.2) is 96.3 Å². The van der Waals surface area contributed by atoms with E-state index in [2.05, 4.69) is 125 Å². The highest BCUT2D eigenvalue weighted by Crippen LogP contribution is 2.29. The zero-order valence-corrected chi connectivity index (χ0v) is 26.4. The first kappa shape index (κ1) is 30.0. The maximum absolute atomic E-state index is 4.56. The third-order valence-electron chi connectivity index (χ3n) is 7.74. The molecule has 0 saturated heterocycles. The van der Waals surface area contributed by atoms with E-state index < -0.39 is 0 Å². The molecule has 6 heteroatoms. The van der Waals surface area contributed by atoms with Crippen molar-refractivity contribution in [1.29, 1.82) is 0 Å². The lowest BCUT2D eigenvalue weighted by Crippen LogP contribution is -2.33. The van der Waals surface area contributed by atoms with Gasteiger partial charge in [-0.3, -0.25) is 4.99 Å². The van der Waals surface area contributed by atoms with E-state index >= 15 is 0 Å². The molecule has 216 valence electrons. The summed E-state index contributed by atoms with van der Waals surface area (Å²) in [5.74, 6) is 2.08. The third-order valence-corrected chi connectivity index (χ3v) is 10.1. The Kier molecular flexibility index (Phi) is 10.8. The van der Waals surface area contributed by atoms with Gasteiger partial charge in [-0.1, -0.05) is 70.7 Å². The van der Waals surface area contributed by atoms with Gasteiger partial charge in [0.1, 0.15) is 0 Å². The Morgan fingerprint density at radius 3 is 2.12 bits per heavy atom. The first-order valence-electron chi connectivity index (χ1n) is 14.7. The van der Waals surface area contributed by atoms with Gasteiger partial charge in [-0.15, -0.1) is 0 Å². The maximum Gasteiger partial charge on any atom is 0.169 e. The van der Waals surface area contributed by atoms with Crippen LogP contribution in [0.1, 0.15) is 27.8 Å². The fourth-order valence-corrected chi connectivity index (χ4v) is 7.11. The maximum atomic E-state index is 4.56. The monoisotopic (exact) mass is 593 g/mol. The highest BCUT2D eigenvalue weighted by molar-refractivity contribution is 8.76. The van der Waals surface area contributed by atoms with Crippen molar-refractivity contribution in [3.8, 4) is 0 Å². The van der Waals surface area contributed by atoms with E-state index in [1.165, 1.54) is 39.2 Å². The van der Waals surface area contributed by atoms with Crippen molar-refractivity contribution in [1.82, 2.24) is 0 Å². The van der Waals surface area contributed by atoms with Crippen molar-refractivity contribution in [2.45, 2.75) is 19.4 Å². The van der Waals surface area contributed by atoms with E-state index in [9.17, 15) is 0 Å². The van der Waals surface area contributed by atoms with Gasteiger partial charge in [0.15, 0.2) is 18.9 Å². The molecule has 0 fully saturated rings. The van der Waals surface area contributed by atoms with Crippen molar-refractivity contribution >= 4 is 57.4 Å².